The Morgan fingerprint density at radius 1 is 0.966 bits per heavy atom. The summed E-state index contributed by atoms with van der Waals surface area (Å²) >= 11 is 0. The zero-order valence-electron chi connectivity index (χ0n) is 17.1. The first-order valence-electron chi connectivity index (χ1n) is 10.2. The minimum Gasteiger partial charge on any atom is -0.497 e. The van der Waals surface area contributed by atoms with Crippen LogP contribution in [0.3, 0.4) is 0 Å². The Morgan fingerprint density at radius 2 is 1.72 bits per heavy atom. The number of fused-ring (bicyclic) bond motifs is 3. The molecular weight excluding hydrogens is 358 g/mol. The van der Waals surface area contributed by atoms with Crippen LogP contribution in [0.4, 0.5) is 5.69 Å². The average Bonchev–Trinajstić information content (AvgIpc) is 2.71. The summed E-state index contributed by atoms with van der Waals surface area (Å²) in [5.41, 5.74) is 5.41. The molecule has 0 aromatic heterocycles. The monoisotopic (exact) mass is 383 g/mol. The van der Waals surface area contributed by atoms with Gasteiger partial charge in [0.05, 0.1) is 7.11 Å². The number of ketones is 1. The smallest absolute Gasteiger partial charge is 0.162 e. The lowest BCUT2D eigenvalue weighted by Gasteiger charge is -2.40. The van der Waals surface area contributed by atoms with Gasteiger partial charge in [-0.05, 0) is 51.9 Å². The third kappa shape index (κ3) is 2.93. The molecule has 0 fully saturated rings. The molecule has 3 nitrogen and oxygen atoms in total. The molecule has 3 heteroatoms. The summed E-state index contributed by atoms with van der Waals surface area (Å²) in [7, 11) is 1.68. The lowest BCUT2D eigenvalue weighted by atomic mass is 9.68. The van der Waals surface area contributed by atoms with E-state index in [0.29, 0.717) is 6.42 Å². The highest BCUT2D eigenvalue weighted by Gasteiger charge is 2.41. The zero-order valence-corrected chi connectivity index (χ0v) is 17.1. The number of anilines is 1. The maximum atomic E-state index is 13.4. The van der Waals surface area contributed by atoms with Crippen LogP contribution in [0.5, 0.6) is 5.75 Å². The second kappa shape index (κ2) is 6.48. The minimum absolute atomic E-state index is 0.0261. The zero-order chi connectivity index (χ0) is 20.2. The van der Waals surface area contributed by atoms with E-state index in [0.717, 1.165) is 34.7 Å². The molecule has 1 atom stereocenters. The van der Waals surface area contributed by atoms with Crippen molar-refractivity contribution >= 4 is 22.2 Å². The molecule has 3 aromatic carbocycles. The van der Waals surface area contributed by atoms with Crippen LogP contribution in [-0.4, -0.2) is 12.9 Å². The summed E-state index contributed by atoms with van der Waals surface area (Å²) < 4.78 is 5.36. The Hall–Kier alpha value is -3.07. The maximum Gasteiger partial charge on any atom is 0.162 e. The van der Waals surface area contributed by atoms with Crippen molar-refractivity contribution in [2.24, 2.45) is 5.41 Å². The van der Waals surface area contributed by atoms with Gasteiger partial charge in [0.1, 0.15) is 5.75 Å². The van der Waals surface area contributed by atoms with E-state index in [9.17, 15) is 4.79 Å². The van der Waals surface area contributed by atoms with Gasteiger partial charge in [0.25, 0.3) is 0 Å². The Morgan fingerprint density at radius 3 is 2.48 bits per heavy atom. The Balaban J connectivity index is 1.79. The topological polar surface area (TPSA) is 38.3 Å². The van der Waals surface area contributed by atoms with E-state index in [1.807, 2.05) is 12.1 Å². The first-order chi connectivity index (χ1) is 14.0. The van der Waals surface area contributed by atoms with Crippen LogP contribution in [0, 0.1) is 5.41 Å². The highest BCUT2D eigenvalue weighted by molar-refractivity contribution is 6.04. The van der Waals surface area contributed by atoms with Crippen molar-refractivity contribution in [3.63, 3.8) is 0 Å². The van der Waals surface area contributed by atoms with Crippen molar-refractivity contribution in [3.05, 3.63) is 83.1 Å². The fraction of sp³-hybridized carbons (Fsp3) is 0.269. The van der Waals surface area contributed by atoms with Crippen molar-refractivity contribution in [1.82, 2.24) is 0 Å². The molecule has 1 unspecified atom stereocenters. The molecule has 1 heterocycles. The predicted molar refractivity (Wildman–Crippen MR) is 117 cm³/mol. The molecule has 3 aromatic rings. The molecular formula is C26H25NO2. The fourth-order valence-electron chi connectivity index (χ4n) is 4.93. The van der Waals surface area contributed by atoms with E-state index in [2.05, 4.69) is 67.7 Å². The number of methoxy groups -OCH3 is 1. The number of benzene rings is 3. The van der Waals surface area contributed by atoms with Crippen LogP contribution in [0.15, 0.2) is 71.9 Å². The van der Waals surface area contributed by atoms with Gasteiger partial charge in [-0.15, -0.1) is 0 Å². The summed E-state index contributed by atoms with van der Waals surface area (Å²) in [4.78, 5) is 13.4. The lowest BCUT2D eigenvalue weighted by Crippen LogP contribution is -2.33. The van der Waals surface area contributed by atoms with Crippen LogP contribution in [0.1, 0.15) is 43.7 Å². The highest BCUT2D eigenvalue weighted by Crippen LogP contribution is 2.50. The van der Waals surface area contributed by atoms with Crippen molar-refractivity contribution in [2.45, 2.75) is 32.6 Å². The molecule has 29 heavy (non-hydrogen) atoms. The largest absolute Gasteiger partial charge is 0.497 e. The Kier molecular flexibility index (Phi) is 4.02. The second-order valence-corrected chi connectivity index (χ2v) is 8.91. The molecule has 5 rings (SSSR count). The number of rotatable bonds is 2. The minimum atomic E-state index is -0.0677. The molecule has 0 radical (unpaired) electrons. The fourth-order valence-corrected chi connectivity index (χ4v) is 4.93. The molecule has 0 spiro atoms. The first kappa shape index (κ1) is 18.0. The van der Waals surface area contributed by atoms with Crippen LogP contribution in [0.25, 0.3) is 10.8 Å². The van der Waals surface area contributed by atoms with Gasteiger partial charge in [-0.2, -0.15) is 0 Å². The second-order valence-electron chi connectivity index (χ2n) is 8.91. The summed E-state index contributed by atoms with van der Waals surface area (Å²) in [5.74, 6) is 1.01. The Labute approximate surface area is 171 Å². The quantitative estimate of drug-likeness (QED) is 0.585. The van der Waals surface area contributed by atoms with Gasteiger partial charge in [0.15, 0.2) is 5.78 Å². The van der Waals surface area contributed by atoms with Crippen molar-refractivity contribution in [3.8, 4) is 5.75 Å². The Bertz CT molecular complexity index is 1160. The van der Waals surface area contributed by atoms with Gasteiger partial charge in [-0.25, -0.2) is 0 Å². The maximum absolute atomic E-state index is 13.4. The van der Waals surface area contributed by atoms with Gasteiger partial charge >= 0.3 is 0 Å². The summed E-state index contributed by atoms with van der Waals surface area (Å²) in [6.07, 6.45) is 1.47. The molecule has 1 N–H and O–H groups in total. The number of carbonyl (C=O) groups excluding carboxylic acids is 1. The number of Topliss-reactive ketones (excluding diaryl/α,β-unsaturated/α-hetero) is 1. The number of hydrogen-bond acceptors (Lipinski definition) is 3. The van der Waals surface area contributed by atoms with Gasteiger partial charge in [0.2, 0.25) is 0 Å². The SMILES string of the molecule is COc1ccc(C2C3=C(CC(C)(C)CC3=O)Nc3ccc4ccccc4c32)cc1. The number of nitrogens with one attached hydrogen (secondary N) is 1. The third-order valence-electron chi connectivity index (χ3n) is 6.20. The van der Waals surface area contributed by atoms with Crippen molar-refractivity contribution in [2.75, 3.05) is 12.4 Å². The number of ether oxygens (including phenoxy) is 1. The van der Waals surface area contributed by atoms with Crippen LogP contribution < -0.4 is 10.1 Å². The van der Waals surface area contributed by atoms with Gasteiger partial charge in [-0.1, -0.05) is 56.3 Å². The average molecular weight is 383 g/mol. The van der Waals surface area contributed by atoms with E-state index >= 15 is 0 Å². The molecule has 0 saturated carbocycles. The van der Waals surface area contributed by atoms with E-state index in [4.69, 9.17) is 4.74 Å². The van der Waals surface area contributed by atoms with Gasteiger partial charge in [-0.3, -0.25) is 4.79 Å². The van der Waals surface area contributed by atoms with Gasteiger partial charge in [0, 0.05) is 29.3 Å². The summed E-state index contributed by atoms with van der Waals surface area (Å²) in [6, 6.07) is 20.9. The summed E-state index contributed by atoms with van der Waals surface area (Å²) in [6.45, 7) is 4.35. The number of hydrogen-bond donors (Lipinski definition) is 1. The molecule has 0 amide bonds. The van der Waals surface area contributed by atoms with Crippen LogP contribution in [0.2, 0.25) is 0 Å². The summed E-state index contributed by atoms with van der Waals surface area (Å²) in [5, 5.41) is 6.02. The number of allylic oxidation sites excluding steroid dienone is 2. The lowest BCUT2D eigenvalue weighted by molar-refractivity contribution is -0.118. The molecule has 1 aliphatic heterocycles. The molecule has 0 bridgehead atoms. The van der Waals surface area contributed by atoms with Gasteiger partial charge < -0.3 is 10.1 Å². The first-order valence-corrected chi connectivity index (χ1v) is 10.2. The van der Waals surface area contributed by atoms with Crippen molar-refractivity contribution in [1.29, 1.82) is 0 Å². The predicted octanol–water partition coefficient (Wildman–Crippen LogP) is 6.05. The van der Waals surface area contributed by atoms with E-state index in [1.54, 1.807) is 7.11 Å². The van der Waals surface area contributed by atoms with Crippen molar-refractivity contribution < 1.29 is 9.53 Å². The van der Waals surface area contributed by atoms with Crippen LogP contribution >= 0.6 is 0 Å². The highest BCUT2D eigenvalue weighted by atomic mass is 16.5. The normalized spacial score (nSPS) is 20.1. The number of carbonyl (C=O) groups is 1. The third-order valence-corrected chi connectivity index (χ3v) is 6.20. The molecule has 1 aliphatic carbocycles. The molecule has 2 aliphatic rings. The van der Waals surface area contributed by atoms with E-state index in [-0.39, 0.29) is 17.1 Å². The molecule has 146 valence electrons. The molecule has 0 saturated heterocycles. The standard InChI is InChI=1S/C26H25NO2/c1-26(2)14-21-25(22(28)15-26)23(17-8-11-18(29-3)12-9-17)24-19-7-5-4-6-16(19)10-13-20(24)27-21/h4-13,23,27H,14-15H2,1-3H3. The van der Waals surface area contributed by atoms with Crippen LogP contribution in [-0.2, 0) is 4.79 Å². The van der Waals surface area contributed by atoms with E-state index in [1.165, 1.54) is 16.3 Å². The van der Waals surface area contributed by atoms with E-state index < -0.39 is 0 Å².